The van der Waals surface area contributed by atoms with Crippen molar-refractivity contribution in [2.75, 3.05) is 45.3 Å². The molecule has 0 bridgehead atoms. The van der Waals surface area contributed by atoms with Crippen molar-refractivity contribution in [1.82, 2.24) is 4.90 Å². The second-order valence-corrected chi connectivity index (χ2v) is 11.1. The molecule has 0 saturated carbocycles. The quantitative estimate of drug-likeness (QED) is 0.327. The van der Waals surface area contributed by atoms with Crippen molar-refractivity contribution in [2.45, 2.75) is 64.3 Å². The molecule has 0 unspecified atom stereocenters. The molecule has 1 aliphatic heterocycles. The summed E-state index contributed by atoms with van der Waals surface area (Å²) in [7, 11) is 3.43. The number of rotatable bonds is 9. The Morgan fingerprint density at radius 2 is 1.56 bits per heavy atom. The average Bonchev–Trinajstić information content (AvgIpc) is 2.99. The Morgan fingerprint density at radius 1 is 0.846 bits per heavy atom. The van der Waals surface area contributed by atoms with Crippen LogP contribution in [-0.4, -0.2) is 50.4 Å². The van der Waals surface area contributed by atoms with E-state index in [1.165, 1.54) is 59.4 Å². The fourth-order valence-electron chi connectivity index (χ4n) is 6.56. The van der Waals surface area contributed by atoms with Gasteiger partial charge in [0.05, 0.1) is 14.2 Å². The van der Waals surface area contributed by atoms with Gasteiger partial charge in [0.2, 0.25) is 0 Å². The predicted octanol–water partition coefficient (Wildman–Crippen LogP) is 6.91. The molecule has 0 aromatic heterocycles. The Kier molecular flexibility index (Phi) is 8.66. The SMILES string of the molecule is CCN1CCC(c2ccc(CN(CC)c3cc(OC)c(OC)cc3[C@@H]3CCc4cc(O)ccc4C3)cc2)CC1. The van der Waals surface area contributed by atoms with Gasteiger partial charge in [-0.3, -0.25) is 0 Å². The third-order valence-electron chi connectivity index (χ3n) is 8.97. The van der Waals surface area contributed by atoms with E-state index in [9.17, 15) is 5.11 Å². The van der Waals surface area contributed by atoms with E-state index in [0.717, 1.165) is 50.4 Å². The number of hydrogen-bond donors (Lipinski definition) is 1. The van der Waals surface area contributed by atoms with Gasteiger partial charge in [0, 0.05) is 24.8 Å². The number of nitrogens with zero attached hydrogens (tertiary/aromatic N) is 2. The van der Waals surface area contributed by atoms with Gasteiger partial charge < -0.3 is 24.4 Å². The van der Waals surface area contributed by atoms with Crippen LogP contribution in [0.15, 0.2) is 54.6 Å². The summed E-state index contributed by atoms with van der Waals surface area (Å²) in [5.41, 5.74) is 7.94. The maximum absolute atomic E-state index is 9.96. The fraction of sp³-hybridized carbons (Fsp3) is 0.471. The molecule has 0 spiro atoms. The number of hydrogen-bond acceptors (Lipinski definition) is 5. The minimum absolute atomic E-state index is 0.355. The fourth-order valence-corrected chi connectivity index (χ4v) is 6.56. The Bertz CT molecular complexity index is 1250. The number of methoxy groups -OCH3 is 2. The van der Waals surface area contributed by atoms with Gasteiger partial charge in [-0.2, -0.15) is 0 Å². The normalized spacial score (nSPS) is 18.0. The number of aryl methyl sites for hydroxylation is 1. The molecule has 39 heavy (non-hydrogen) atoms. The molecule has 3 aromatic carbocycles. The maximum Gasteiger partial charge on any atom is 0.162 e. The second-order valence-electron chi connectivity index (χ2n) is 11.1. The van der Waals surface area contributed by atoms with E-state index in [-0.39, 0.29) is 0 Å². The molecule has 0 amide bonds. The van der Waals surface area contributed by atoms with Gasteiger partial charge in [-0.05, 0) is 117 Å². The van der Waals surface area contributed by atoms with Crippen molar-refractivity contribution in [3.8, 4) is 17.2 Å². The van der Waals surface area contributed by atoms with Crippen LogP contribution in [0.4, 0.5) is 5.69 Å². The molecule has 2 aliphatic rings. The van der Waals surface area contributed by atoms with E-state index in [0.29, 0.717) is 17.6 Å². The van der Waals surface area contributed by atoms with Crippen molar-refractivity contribution in [1.29, 1.82) is 0 Å². The number of piperidine rings is 1. The Balaban J connectivity index is 1.40. The van der Waals surface area contributed by atoms with Gasteiger partial charge in [0.15, 0.2) is 11.5 Å². The summed E-state index contributed by atoms with van der Waals surface area (Å²) in [6, 6.07) is 19.6. The van der Waals surface area contributed by atoms with E-state index in [2.05, 4.69) is 66.1 Å². The molecule has 1 aliphatic carbocycles. The molecule has 5 nitrogen and oxygen atoms in total. The van der Waals surface area contributed by atoms with E-state index >= 15 is 0 Å². The van der Waals surface area contributed by atoms with Crippen LogP contribution < -0.4 is 14.4 Å². The first-order chi connectivity index (χ1) is 19.0. The Morgan fingerprint density at radius 3 is 2.23 bits per heavy atom. The van der Waals surface area contributed by atoms with Crippen LogP contribution in [-0.2, 0) is 19.4 Å². The monoisotopic (exact) mass is 528 g/mol. The van der Waals surface area contributed by atoms with Crippen LogP contribution in [0.3, 0.4) is 0 Å². The number of ether oxygens (including phenoxy) is 2. The molecule has 1 atom stereocenters. The summed E-state index contributed by atoms with van der Waals surface area (Å²) in [6.45, 7) is 9.82. The number of anilines is 1. The highest BCUT2D eigenvalue weighted by Gasteiger charge is 2.26. The number of fused-ring (bicyclic) bond motifs is 1. The van der Waals surface area contributed by atoms with Gasteiger partial charge in [-0.25, -0.2) is 0 Å². The molecule has 1 saturated heterocycles. The van der Waals surface area contributed by atoms with Crippen LogP contribution in [0.5, 0.6) is 17.2 Å². The molecule has 0 radical (unpaired) electrons. The van der Waals surface area contributed by atoms with E-state index in [1.807, 2.05) is 12.1 Å². The average molecular weight is 529 g/mol. The molecule has 1 fully saturated rings. The molecule has 1 N–H and O–H groups in total. The number of phenols is 1. The molecule has 5 rings (SSSR count). The standard InChI is InChI=1S/C34H44N2O3/c1-5-35-17-15-26(16-18-35)25-9-7-24(8-10-25)23-36(6-2)32-22-34(39-4)33(38-3)21-31(32)29-12-11-28-20-30(37)14-13-27(28)19-29/h7-10,13-14,20-22,26,29,37H,5-6,11-12,15-19,23H2,1-4H3/t29-/m1/s1. The van der Waals surface area contributed by atoms with Gasteiger partial charge in [0.25, 0.3) is 0 Å². The summed E-state index contributed by atoms with van der Waals surface area (Å²) in [5.74, 6) is 2.96. The molecule has 1 heterocycles. The van der Waals surface area contributed by atoms with E-state index < -0.39 is 0 Å². The summed E-state index contributed by atoms with van der Waals surface area (Å²) in [6.07, 6.45) is 5.48. The predicted molar refractivity (Wildman–Crippen MR) is 160 cm³/mol. The number of benzene rings is 3. The van der Waals surface area contributed by atoms with Gasteiger partial charge in [0.1, 0.15) is 5.75 Å². The number of likely N-dealkylation sites (tertiary alicyclic amines) is 1. The Labute approximate surface area is 234 Å². The molecule has 3 aromatic rings. The zero-order valence-electron chi connectivity index (χ0n) is 24.1. The lowest BCUT2D eigenvalue weighted by molar-refractivity contribution is 0.222. The van der Waals surface area contributed by atoms with Crippen molar-refractivity contribution in [2.24, 2.45) is 0 Å². The summed E-state index contributed by atoms with van der Waals surface area (Å²) in [5, 5.41) is 9.96. The van der Waals surface area contributed by atoms with Crippen molar-refractivity contribution in [3.63, 3.8) is 0 Å². The third kappa shape index (κ3) is 6.04. The maximum atomic E-state index is 9.96. The van der Waals surface area contributed by atoms with Gasteiger partial charge >= 0.3 is 0 Å². The zero-order valence-corrected chi connectivity index (χ0v) is 24.1. The van der Waals surface area contributed by atoms with Gasteiger partial charge in [-0.15, -0.1) is 0 Å². The van der Waals surface area contributed by atoms with E-state index in [4.69, 9.17) is 9.47 Å². The Hall–Kier alpha value is -3.18. The first-order valence-electron chi connectivity index (χ1n) is 14.7. The third-order valence-corrected chi connectivity index (χ3v) is 8.97. The zero-order chi connectivity index (χ0) is 27.4. The first-order valence-corrected chi connectivity index (χ1v) is 14.7. The second kappa shape index (κ2) is 12.3. The summed E-state index contributed by atoms with van der Waals surface area (Å²) in [4.78, 5) is 5.03. The minimum atomic E-state index is 0.355. The van der Waals surface area contributed by atoms with Crippen molar-refractivity contribution in [3.05, 3.63) is 82.4 Å². The van der Waals surface area contributed by atoms with Gasteiger partial charge in [-0.1, -0.05) is 37.3 Å². The highest BCUT2D eigenvalue weighted by Crippen LogP contribution is 2.43. The lowest BCUT2D eigenvalue weighted by Gasteiger charge is -2.33. The number of aromatic hydroxyl groups is 1. The van der Waals surface area contributed by atoms with Crippen LogP contribution >= 0.6 is 0 Å². The summed E-state index contributed by atoms with van der Waals surface area (Å²) >= 11 is 0. The first kappa shape index (κ1) is 27.4. The largest absolute Gasteiger partial charge is 0.508 e. The molecule has 5 heteroatoms. The van der Waals surface area contributed by atoms with Crippen LogP contribution in [0.2, 0.25) is 0 Å². The van der Waals surface area contributed by atoms with Crippen molar-refractivity contribution < 1.29 is 14.6 Å². The number of phenolic OH excluding ortho intramolecular Hbond substituents is 1. The summed E-state index contributed by atoms with van der Waals surface area (Å²) < 4.78 is 11.5. The molecular weight excluding hydrogens is 484 g/mol. The van der Waals surface area contributed by atoms with Crippen LogP contribution in [0.25, 0.3) is 0 Å². The molecular formula is C34H44N2O3. The topological polar surface area (TPSA) is 45.2 Å². The molecule has 208 valence electrons. The lowest BCUT2D eigenvalue weighted by Crippen LogP contribution is -2.32. The highest BCUT2D eigenvalue weighted by molar-refractivity contribution is 5.64. The van der Waals surface area contributed by atoms with Crippen molar-refractivity contribution >= 4 is 5.69 Å². The van der Waals surface area contributed by atoms with E-state index in [1.54, 1.807) is 14.2 Å². The highest BCUT2D eigenvalue weighted by atomic mass is 16.5. The minimum Gasteiger partial charge on any atom is -0.508 e. The smallest absolute Gasteiger partial charge is 0.162 e. The lowest BCUT2D eigenvalue weighted by atomic mass is 9.79. The van der Waals surface area contributed by atoms with Crippen LogP contribution in [0.1, 0.15) is 72.8 Å². The van der Waals surface area contributed by atoms with Crippen LogP contribution in [0, 0.1) is 0 Å².